The van der Waals surface area contributed by atoms with E-state index < -0.39 is 5.97 Å². The standard InChI is InChI=1S/C14H19ClO2/c1-11-6-5-7-12(10-11)13(14(16)17)8-3-2-4-9-15/h5-7,10,13H,2-4,8-9H2,1H3,(H,16,17). The summed E-state index contributed by atoms with van der Waals surface area (Å²) in [6.45, 7) is 1.98. The number of alkyl halides is 1. The van der Waals surface area contributed by atoms with Gasteiger partial charge in [0.2, 0.25) is 0 Å². The fraction of sp³-hybridized carbons (Fsp3) is 0.500. The predicted octanol–water partition coefficient (Wildman–Crippen LogP) is 3.96. The van der Waals surface area contributed by atoms with Gasteiger partial charge in [-0.3, -0.25) is 4.79 Å². The Labute approximate surface area is 108 Å². The molecule has 1 N–H and O–H groups in total. The van der Waals surface area contributed by atoms with Crippen molar-refractivity contribution in [2.75, 3.05) is 5.88 Å². The van der Waals surface area contributed by atoms with Crippen molar-refractivity contribution in [3.05, 3.63) is 35.4 Å². The van der Waals surface area contributed by atoms with E-state index in [9.17, 15) is 9.90 Å². The summed E-state index contributed by atoms with van der Waals surface area (Å²) in [5, 5.41) is 9.25. The van der Waals surface area contributed by atoms with Crippen LogP contribution in [0.5, 0.6) is 0 Å². The van der Waals surface area contributed by atoms with Crippen molar-refractivity contribution in [1.82, 2.24) is 0 Å². The molecule has 0 aliphatic heterocycles. The molecular formula is C14H19ClO2. The van der Waals surface area contributed by atoms with Gasteiger partial charge in [0.1, 0.15) is 0 Å². The highest BCUT2D eigenvalue weighted by Crippen LogP contribution is 2.23. The Balaban J connectivity index is 2.63. The van der Waals surface area contributed by atoms with Gasteiger partial charge in [-0.1, -0.05) is 42.7 Å². The molecule has 3 heteroatoms. The van der Waals surface area contributed by atoms with Crippen molar-refractivity contribution in [1.29, 1.82) is 0 Å². The molecule has 0 radical (unpaired) electrons. The van der Waals surface area contributed by atoms with Gasteiger partial charge in [-0.05, 0) is 25.3 Å². The predicted molar refractivity (Wildman–Crippen MR) is 70.7 cm³/mol. The van der Waals surface area contributed by atoms with Gasteiger partial charge in [0.15, 0.2) is 0 Å². The minimum Gasteiger partial charge on any atom is -0.481 e. The number of aryl methyl sites for hydroxylation is 1. The van der Waals surface area contributed by atoms with Crippen molar-refractivity contribution < 1.29 is 9.90 Å². The zero-order chi connectivity index (χ0) is 12.7. The van der Waals surface area contributed by atoms with Crippen LogP contribution < -0.4 is 0 Å². The molecular weight excluding hydrogens is 236 g/mol. The first kappa shape index (κ1) is 14.0. The Bertz CT molecular complexity index is 363. The average Bonchev–Trinajstić information content (AvgIpc) is 2.28. The van der Waals surface area contributed by atoms with Gasteiger partial charge in [0.25, 0.3) is 0 Å². The highest BCUT2D eigenvalue weighted by Gasteiger charge is 2.18. The zero-order valence-electron chi connectivity index (χ0n) is 10.2. The van der Waals surface area contributed by atoms with Crippen LogP contribution in [0.2, 0.25) is 0 Å². The van der Waals surface area contributed by atoms with E-state index in [0.29, 0.717) is 12.3 Å². The maximum Gasteiger partial charge on any atom is 0.310 e. The van der Waals surface area contributed by atoms with E-state index in [1.54, 1.807) is 0 Å². The first-order valence-electron chi connectivity index (χ1n) is 6.00. The summed E-state index contributed by atoms with van der Waals surface area (Å²) in [7, 11) is 0. The van der Waals surface area contributed by atoms with Crippen LogP contribution in [-0.2, 0) is 4.79 Å². The quantitative estimate of drug-likeness (QED) is 0.591. The fourth-order valence-corrected chi connectivity index (χ4v) is 2.13. The van der Waals surface area contributed by atoms with Crippen LogP contribution in [-0.4, -0.2) is 17.0 Å². The molecule has 0 spiro atoms. The summed E-state index contributed by atoms with van der Waals surface area (Å²) < 4.78 is 0. The van der Waals surface area contributed by atoms with E-state index in [1.165, 1.54) is 0 Å². The third kappa shape index (κ3) is 4.78. The van der Waals surface area contributed by atoms with Gasteiger partial charge in [-0.15, -0.1) is 11.6 Å². The largest absolute Gasteiger partial charge is 0.481 e. The van der Waals surface area contributed by atoms with Crippen LogP contribution in [0.4, 0.5) is 0 Å². The molecule has 0 aliphatic carbocycles. The molecule has 0 heterocycles. The van der Waals surface area contributed by atoms with Crippen LogP contribution in [0, 0.1) is 6.92 Å². The van der Waals surface area contributed by atoms with Crippen LogP contribution >= 0.6 is 11.6 Å². The number of halogens is 1. The minimum atomic E-state index is -0.735. The second-order valence-electron chi connectivity index (χ2n) is 4.34. The zero-order valence-corrected chi connectivity index (χ0v) is 10.9. The Kier molecular flexibility index (Phi) is 6.06. The molecule has 0 saturated carbocycles. The lowest BCUT2D eigenvalue weighted by Crippen LogP contribution is -2.11. The molecule has 1 atom stereocenters. The maximum atomic E-state index is 11.2. The van der Waals surface area contributed by atoms with Gasteiger partial charge in [-0.2, -0.15) is 0 Å². The summed E-state index contributed by atoms with van der Waals surface area (Å²) >= 11 is 5.60. The molecule has 1 unspecified atom stereocenters. The molecule has 1 rings (SSSR count). The first-order valence-corrected chi connectivity index (χ1v) is 6.54. The Morgan fingerprint density at radius 1 is 1.35 bits per heavy atom. The Morgan fingerprint density at radius 2 is 2.12 bits per heavy atom. The smallest absolute Gasteiger partial charge is 0.310 e. The summed E-state index contributed by atoms with van der Waals surface area (Å²) in [4.78, 5) is 11.2. The van der Waals surface area contributed by atoms with E-state index in [0.717, 1.165) is 30.4 Å². The SMILES string of the molecule is Cc1cccc(C(CCCCCCl)C(=O)O)c1. The molecule has 0 bridgehead atoms. The van der Waals surface area contributed by atoms with E-state index in [-0.39, 0.29) is 5.92 Å². The molecule has 0 amide bonds. The normalized spacial score (nSPS) is 12.4. The number of benzene rings is 1. The van der Waals surface area contributed by atoms with Gasteiger partial charge < -0.3 is 5.11 Å². The molecule has 1 aromatic rings. The second kappa shape index (κ2) is 7.33. The summed E-state index contributed by atoms with van der Waals surface area (Å²) in [5.41, 5.74) is 2.01. The molecule has 0 saturated heterocycles. The van der Waals surface area contributed by atoms with Gasteiger partial charge in [-0.25, -0.2) is 0 Å². The van der Waals surface area contributed by atoms with Crippen molar-refractivity contribution in [2.45, 2.75) is 38.5 Å². The number of hydrogen-bond donors (Lipinski definition) is 1. The third-order valence-electron chi connectivity index (χ3n) is 2.87. The maximum absolute atomic E-state index is 11.2. The summed E-state index contributed by atoms with van der Waals surface area (Å²) in [5.74, 6) is -0.464. The summed E-state index contributed by atoms with van der Waals surface area (Å²) in [6, 6.07) is 7.75. The number of carboxylic acid groups (broad SMARTS) is 1. The molecule has 0 aliphatic rings. The van der Waals surface area contributed by atoms with Crippen LogP contribution in [0.1, 0.15) is 42.7 Å². The molecule has 0 aromatic heterocycles. The van der Waals surface area contributed by atoms with Gasteiger partial charge >= 0.3 is 5.97 Å². The van der Waals surface area contributed by atoms with E-state index in [4.69, 9.17) is 11.6 Å². The molecule has 17 heavy (non-hydrogen) atoms. The van der Waals surface area contributed by atoms with Crippen molar-refractivity contribution in [2.24, 2.45) is 0 Å². The van der Waals surface area contributed by atoms with E-state index in [1.807, 2.05) is 31.2 Å². The monoisotopic (exact) mass is 254 g/mol. The van der Waals surface area contributed by atoms with Crippen LogP contribution in [0.15, 0.2) is 24.3 Å². The van der Waals surface area contributed by atoms with Crippen molar-refractivity contribution >= 4 is 17.6 Å². The second-order valence-corrected chi connectivity index (χ2v) is 4.72. The van der Waals surface area contributed by atoms with Crippen molar-refractivity contribution in [3.63, 3.8) is 0 Å². The first-order chi connectivity index (χ1) is 8.15. The number of rotatable bonds is 7. The summed E-state index contributed by atoms with van der Waals surface area (Å²) in [6.07, 6.45) is 3.56. The van der Waals surface area contributed by atoms with Crippen LogP contribution in [0.25, 0.3) is 0 Å². The fourth-order valence-electron chi connectivity index (χ4n) is 1.94. The number of carboxylic acids is 1. The van der Waals surface area contributed by atoms with Crippen LogP contribution in [0.3, 0.4) is 0 Å². The Hall–Kier alpha value is -1.02. The molecule has 2 nitrogen and oxygen atoms in total. The molecule has 1 aromatic carbocycles. The lowest BCUT2D eigenvalue weighted by molar-refractivity contribution is -0.139. The Morgan fingerprint density at radius 3 is 2.71 bits per heavy atom. The third-order valence-corrected chi connectivity index (χ3v) is 3.14. The average molecular weight is 255 g/mol. The minimum absolute atomic E-state index is 0.384. The highest BCUT2D eigenvalue weighted by molar-refractivity contribution is 6.17. The lowest BCUT2D eigenvalue weighted by atomic mass is 9.92. The molecule has 94 valence electrons. The number of unbranched alkanes of at least 4 members (excludes halogenated alkanes) is 2. The number of aliphatic carboxylic acids is 1. The number of hydrogen-bond acceptors (Lipinski definition) is 1. The van der Waals surface area contributed by atoms with Gasteiger partial charge in [0.05, 0.1) is 5.92 Å². The van der Waals surface area contributed by atoms with Gasteiger partial charge in [0, 0.05) is 5.88 Å². The van der Waals surface area contributed by atoms with Crippen molar-refractivity contribution in [3.8, 4) is 0 Å². The van der Waals surface area contributed by atoms with E-state index >= 15 is 0 Å². The molecule has 0 fully saturated rings. The highest BCUT2D eigenvalue weighted by atomic mass is 35.5. The van der Waals surface area contributed by atoms with E-state index in [2.05, 4.69) is 0 Å². The topological polar surface area (TPSA) is 37.3 Å². The number of carbonyl (C=O) groups is 1. The lowest BCUT2D eigenvalue weighted by Gasteiger charge is -2.13.